The van der Waals surface area contributed by atoms with Gasteiger partial charge in [-0.2, -0.15) is 0 Å². The van der Waals surface area contributed by atoms with E-state index < -0.39 is 0 Å². The molecule has 2 bridgehead atoms. The number of nitrogens with one attached hydrogen (secondary N) is 1. The normalized spacial score (nSPS) is 37.7. The molecule has 84 valence electrons. The van der Waals surface area contributed by atoms with Crippen molar-refractivity contribution in [2.45, 2.75) is 32.2 Å². The first kappa shape index (κ1) is 10.5. The molecule has 1 N–H and O–H groups in total. The lowest BCUT2D eigenvalue weighted by Gasteiger charge is -2.27. The number of aldehydes is 1. The molecule has 2 saturated carbocycles. The van der Waals surface area contributed by atoms with Crippen LogP contribution in [0.15, 0.2) is 0 Å². The lowest BCUT2D eigenvalue weighted by atomic mass is 9.85. The summed E-state index contributed by atoms with van der Waals surface area (Å²) in [6.45, 7) is 2.15. The van der Waals surface area contributed by atoms with E-state index in [-0.39, 0.29) is 18.1 Å². The Labute approximate surface area is 89.4 Å². The van der Waals surface area contributed by atoms with Gasteiger partial charge in [0.05, 0.1) is 6.61 Å². The average Bonchev–Trinajstić information content (AvgIpc) is 2.78. The summed E-state index contributed by atoms with van der Waals surface area (Å²) in [7, 11) is 0. The number of hydrogen-bond donors (Lipinski definition) is 1. The fourth-order valence-corrected chi connectivity index (χ4v) is 3.05. The molecule has 2 aliphatic rings. The lowest BCUT2D eigenvalue weighted by molar-refractivity contribution is -0.113. The Morgan fingerprint density at radius 2 is 2.20 bits per heavy atom. The van der Waals surface area contributed by atoms with Crippen LogP contribution in [0.2, 0.25) is 0 Å². The van der Waals surface area contributed by atoms with E-state index in [9.17, 15) is 9.59 Å². The van der Waals surface area contributed by atoms with E-state index in [0.717, 1.165) is 25.5 Å². The molecule has 0 aromatic heterocycles. The van der Waals surface area contributed by atoms with Gasteiger partial charge in [0.25, 0.3) is 0 Å². The van der Waals surface area contributed by atoms with Gasteiger partial charge < -0.3 is 14.8 Å². The van der Waals surface area contributed by atoms with Crippen LogP contribution in [0.25, 0.3) is 0 Å². The fraction of sp³-hybridized carbons (Fsp3) is 0.818. The molecule has 4 unspecified atom stereocenters. The highest BCUT2D eigenvalue weighted by molar-refractivity contribution is 5.69. The van der Waals surface area contributed by atoms with Gasteiger partial charge in [0.15, 0.2) is 0 Å². The van der Waals surface area contributed by atoms with Crippen molar-refractivity contribution in [1.82, 2.24) is 5.32 Å². The zero-order valence-electron chi connectivity index (χ0n) is 8.94. The number of hydrogen-bond acceptors (Lipinski definition) is 3. The standard InChI is InChI=1S/C11H17NO3/c1-2-15-11(14)12-10-8-4-3-7(5-8)9(10)6-13/h6-10H,2-5H2,1H3,(H,12,14). The highest BCUT2D eigenvalue weighted by Gasteiger charge is 2.48. The quantitative estimate of drug-likeness (QED) is 0.717. The van der Waals surface area contributed by atoms with Crippen LogP contribution in [0.5, 0.6) is 0 Å². The van der Waals surface area contributed by atoms with Crippen molar-refractivity contribution in [3.8, 4) is 0 Å². The average molecular weight is 211 g/mol. The number of fused-ring (bicyclic) bond motifs is 2. The second-order valence-corrected chi connectivity index (χ2v) is 4.44. The van der Waals surface area contributed by atoms with Crippen molar-refractivity contribution in [1.29, 1.82) is 0 Å². The van der Waals surface area contributed by atoms with Gasteiger partial charge in [-0.1, -0.05) is 0 Å². The van der Waals surface area contributed by atoms with Gasteiger partial charge in [-0.15, -0.1) is 0 Å². The molecule has 4 heteroatoms. The van der Waals surface area contributed by atoms with Crippen LogP contribution in [0.4, 0.5) is 4.79 Å². The molecule has 0 aromatic rings. The molecule has 0 aliphatic heterocycles. The van der Waals surface area contributed by atoms with Gasteiger partial charge in [-0.3, -0.25) is 0 Å². The Morgan fingerprint density at radius 1 is 1.47 bits per heavy atom. The van der Waals surface area contributed by atoms with Crippen molar-refractivity contribution in [2.24, 2.45) is 17.8 Å². The zero-order valence-corrected chi connectivity index (χ0v) is 8.94. The monoisotopic (exact) mass is 211 g/mol. The summed E-state index contributed by atoms with van der Waals surface area (Å²) >= 11 is 0. The first-order chi connectivity index (χ1) is 7.26. The van der Waals surface area contributed by atoms with E-state index in [1.807, 2.05) is 0 Å². The molecule has 1 amide bonds. The van der Waals surface area contributed by atoms with Gasteiger partial charge in [-0.25, -0.2) is 4.79 Å². The number of alkyl carbamates (subject to hydrolysis) is 1. The smallest absolute Gasteiger partial charge is 0.407 e. The molecular formula is C11H17NO3. The van der Waals surface area contributed by atoms with E-state index in [1.54, 1.807) is 6.92 Å². The molecule has 2 rings (SSSR count). The molecular weight excluding hydrogens is 194 g/mol. The molecule has 0 saturated heterocycles. The molecule has 0 spiro atoms. The van der Waals surface area contributed by atoms with Crippen molar-refractivity contribution < 1.29 is 14.3 Å². The fourth-order valence-electron chi connectivity index (χ4n) is 3.05. The molecule has 2 aliphatic carbocycles. The van der Waals surface area contributed by atoms with Crippen LogP contribution in [-0.4, -0.2) is 25.0 Å². The second kappa shape index (κ2) is 4.21. The third-order valence-corrected chi connectivity index (χ3v) is 3.70. The van der Waals surface area contributed by atoms with Crippen LogP contribution in [0.1, 0.15) is 26.2 Å². The highest BCUT2D eigenvalue weighted by atomic mass is 16.5. The Kier molecular flexibility index (Phi) is 2.93. The molecule has 0 radical (unpaired) electrons. The zero-order chi connectivity index (χ0) is 10.8. The minimum absolute atomic E-state index is 0.00755. The number of ether oxygens (including phenoxy) is 1. The summed E-state index contributed by atoms with van der Waals surface area (Å²) in [5.41, 5.74) is 0. The van der Waals surface area contributed by atoms with E-state index in [1.165, 1.54) is 0 Å². The summed E-state index contributed by atoms with van der Waals surface area (Å²) in [5, 5.41) is 2.82. The summed E-state index contributed by atoms with van der Waals surface area (Å²) in [6.07, 6.45) is 3.96. The SMILES string of the molecule is CCOC(=O)NC1C2CCC(C2)C1C=O. The van der Waals surface area contributed by atoms with Gasteiger partial charge in [0, 0.05) is 12.0 Å². The summed E-state index contributed by atoms with van der Waals surface area (Å²) in [5.74, 6) is 0.974. The highest BCUT2D eigenvalue weighted by Crippen LogP contribution is 2.47. The molecule has 0 aromatic carbocycles. The van der Waals surface area contributed by atoms with Crippen molar-refractivity contribution in [3.63, 3.8) is 0 Å². The van der Waals surface area contributed by atoms with Crippen LogP contribution < -0.4 is 5.32 Å². The third kappa shape index (κ3) is 1.85. The van der Waals surface area contributed by atoms with E-state index in [2.05, 4.69) is 5.32 Å². The van der Waals surface area contributed by atoms with Crippen molar-refractivity contribution >= 4 is 12.4 Å². The topological polar surface area (TPSA) is 55.4 Å². The largest absolute Gasteiger partial charge is 0.450 e. The second-order valence-electron chi connectivity index (χ2n) is 4.44. The number of carbonyl (C=O) groups is 2. The minimum Gasteiger partial charge on any atom is -0.450 e. The summed E-state index contributed by atoms with van der Waals surface area (Å²) in [6, 6.07) is 0.0142. The minimum atomic E-state index is -0.387. The summed E-state index contributed by atoms with van der Waals surface area (Å²) < 4.78 is 4.84. The van der Waals surface area contributed by atoms with Gasteiger partial charge in [0.2, 0.25) is 0 Å². The molecule has 0 heterocycles. The van der Waals surface area contributed by atoms with E-state index in [0.29, 0.717) is 18.4 Å². The number of rotatable bonds is 3. The van der Waals surface area contributed by atoms with Gasteiger partial charge in [0.1, 0.15) is 6.29 Å². The van der Waals surface area contributed by atoms with Crippen molar-refractivity contribution in [2.75, 3.05) is 6.61 Å². The van der Waals surface area contributed by atoms with E-state index >= 15 is 0 Å². The van der Waals surface area contributed by atoms with E-state index in [4.69, 9.17) is 4.74 Å². The molecule has 15 heavy (non-hydrogen) atoms. The molecule has 2 fully saturated rings. The number of amides is 1. The first-order valence-corrected chi connectivity index (χ1v) is 5.64. The van der Waals surface area contributed by atoms with Crippen LogP contribution in [0, 0.1) is 17.8 Å². The Hall–Kier alpha value is -1.06. The predicted octanol–water partition coefficient (Wildman–Crippen LogP) is 1.35. The Morgan fingerprint density at radius 3 is 2.87 bits per heavy atom. The molecule has 4 nitrogen and oxygen atoms in total. The Bertz CT molecular complexity index is 267. The van der Waals surface area contributed by atoms with Gasteiger partial charge >= 0.3 is 6.09 Å². The third-order valence-electron chi connectivity index (χ3n) is 3.70. The maximum absolute atomic E-state index is 11.3. The molecule has 4 atom stereocenters. The lowest BCUT2D eigenvalue weighted by Crippen LogP contribution is -2.44. The maximum atomic E-state index is 11.3. The van der Waals surface area contributed by atoms with Crippen LogP contribution in [0.3, 0.4) is 0 Å². The number of carbonyl (C=O) groups excluding carboxylic acids is 2. The van der Waals surface area contributed by atoms with Gasteiger partial charge in [-0.05, 0) is 38.0 Å². The first-order valence-electron chi connectivity index (χ1n) is 5.64. The summed E-state index contributed by atoms with van der Waals surface area (Å²) in [4.78, 5) is 22.2. The predicted molar refractivity (Wildman–Crippen MR) is 54.3 cm³/mol. The van der Waals surface area contributed by atoms with Crippen LogP contribution in [-0.2, 0) is 9.53 Å². The maximum Gasteiger partial charge on any atom is 0.407 e. The van der Waals surface area contributed by atoms with Crippen molar-refractivity contribution in [3.05, 3.63) is 0 Å². The Balaban J connectivity index is 1.96. The van der Waals surface area contributed by atoms with Crippen LogP contribution >= 0.6 is 0 Å².